The summed E-state index contributed by atoms with van der Waals surface area (Å²) in [5.41, 5.74) is 2.23. The molecule has 3 heterocycles. The van der Waals surface area contributed by atoms with Gasteiger partial charge in [0.2, 0.25) is 5.28 Å². The molecule has 0 saturated heterocycles. The van der Waals surface area contributed by atoms with Gasteiger partial charge in [0.05, 0.1) is 16.8 Å². The molecule has 1 amide bonds. The van der Waals surface area contributed by atoms with E-state index in [0.29, 0.717) is 22.4 Å². The highest BCUT2D eigenvalue weighted by Gasteiger charge is 2.40. The van der Waals surface area contributed by atoms with Gasteiger partial charge in [0, 0.05) is 12.7 Å². The molecule has 1 aliphatic rings. The maximum Gasteiger partial charge on any atom is 0.254 e. The largest absolute Gasteiger partial charge is 0.272 e. The van der Waals surface area contributed by atoms with Crippen LogP contribution in [0.5, 0.6) is 0 Å². The van der Waals surface area contributed by atoms with Crippen molar-refractivity contribution in [2.75, 3.05) is 4.90 Å². The SMILES string of the molecule is CCCn1cc2c(C3C(=O)N(C#N)c4ccccc43)nc(Cl)nc2n1. The van der Waals surface area contributed by atoms with Crippen LogP contribution in [-0.2, 0) is 11.3 Å². The first-order chi connectivity index (χ1) is 12.1. The third-order valence-corrected chi connectivity index (χ3v) is 4.38. The number of hydrogen-bond donors (Lipinski definition) is 0. The van der Waals surface area contributed by atoms with Crippen LogP contribution in [0, 0.1) is 11.5 Å². The Labute approximate surface area is 148 Å². The molecule has 25 heavy (non-hydrogen) atoms. The molecule has 124 valence electrons. The van der Waals surface area contributed by atoms with Gasteiger partial charge in [-0.15, -0.1) is 0 Å². The van der Waals surface area contributed by atoms with Crippen LogP contribution in [0.15, 0.2) is 30.5 Å². The second-order valence-electron chi connectivity index (χ2n) is 5.77. The molecule has 1 atom stereocenters. The number of para-hydroxylation sites is 1. The van der Waals surface area contributed by atoms with Gasteiger partial charge in [0.1, 0.15) is 5.92 Å². The molecule has 7 nitrogen and oxygen atoms in total. The van der Waals surface area contributed by atoms with Gasteiger partial charge in [-0.2, -0.15) is 15.3 Å². The molecule has 0 aliphatic carbocycles. The molecule has 3 aromatic rings. The normalized spacial score (nSPS) is 16.3. The molecule has 1 aromatic carbocycles. The van der Waals surface area contributed by atoms with E-state index in [-0.39, 0.29) is 11.2 Å². The zero-order valence-electron chi connectivity index (χ0n) is 13.3. The summed E-state index contributed by atoms with van der Waals surface area (Å²) >= 11 is 6.07. The fourth-order valence-corrected chi connectivity index (χ4v) is 3.36. The molecular formula is C17H13ClN6O. The van der Waals surface area contributed by atoms with Gasteiger partial charge < -0.3 is 0 Å². The molecule has 2 aromatic heterocycles. The highest BCUT2D eigenvalue weighted by atomic mass is 35.5. The van der Waals surface area contributed by atoms with E-state index in [1.165, 1.54) is 0 Å². The van der Waals surface area contributed by atoms with Crippen LogP contribution in [-0.4, -0.2) is 25.7 Å². The molecule has 0 radical (unpaired) electrons. The Balaban J connectivity index is 1.95. The third kappa shape index (κ3) is 2.34. The minimum atomic E-state index is -0.696. The Hall–Kier alpha value is -2.98. The zero-order valence-corrected chi connectivity index (χ0v) is 14.1. The maximum absolute atomic E-state index is 12.9. The summed E-state index contributed by atoms with van der Waals surface area (Å²) in [6.07, 6.45) is 4.69. The first-order valence-corrected chi connectivity index (χ1v) is 8.25. The highest BCUT2D eigenvalue weighted by molar-refractivity contribution is 6.28. The summed E-state index contributed by atoms with van der Waals surface area (Å²) < 4.78 is 1.77. The lowest BCUT2D eigenvalue weighted by atomic mass is 9.95. The summed E-state index contributed by atoms with van der Waals surface area (Å²) in [7, 11) is 0. The number of rotatable bonds is 3. The number of halogens is 1. The van der Waals surface area contributed by atoms with Crippen LogP contribution >= 0.6 is 11.6 Å². The van der Waals surface area contributed by atoms with Crippen LogP contribution in [0.2, 0.25) is 5.28 Å². The Morgan fingerprint density at radius 3 is 2.88 bits per heavy atom. The standard InChI is InChI=1S/C17H13ClN6O/c1-2-7-23-8-11-14(20-17(18)21-15(11)22-23)13-10-5-3-4-6-12(10)24(9-19)16(13)25/h3-6,8,13H,2,7H2,1H3. The van der Waals surface area contributed by atoms with Gasteiger partial charge in [0.25, 0.3) is 5.91 Å². The summed E-state index contributed by atoms with van der Waals surface area (Å²) in [6, 6.07) is 7.20. The Morgan fingerprint density at radius 2 is 2.12 bits per heavy atom. The number of nitrogens with zero attached hydrogens (tertiary/aromatic N) is 6. The van der Waals surface area contributed by atoms with Crippen molar-refractivity contribution in [3.8, 4) is 6.19 Å². The third-order valence-electron chi connectivity index (χ3n) is 4.21. The van der Waals surface area contributed by atoms with E-state index in [1.54, 1.807) is 16.8 Å². The molecule has 4 rings (SSSR count). The van der Waals surface area contributed by atoms with E-state index in [9.17, 15) is 10.1 Å². The lowest BCUT2D eigenvalue weighted by Gasteiger charge is -2.10. The number of anilines is 1. The molecule has 0 spiro atoms. The van der Waals surface area contributed by atoms with Crippen molar-refractivity contribution in [1.29, 1.82) is 5.26 Å². The van der Waals surface area contributed by atoms with E-state index in [4.69, 9.17) is 11.6 Å². The number of hydrogen-bond acceptors (Lipinski definition) is 5. The molecule has 0 bridgehead atoms. The second kappa shape index (κ2) is 5.83. The van der Waals surface area contributed by atoms with Crippen molar-refractivity contribution in [3.63, 3.8) is 0 Å². The Bertz CT molecular complexity index is 1040. The molecule has 8 heteroatoms. The Morgan fingerprint density at radius 1 is 1.32 bits per heavy atom. The van der Waals surface area contributed by atoms with E-state index >= 15 is 0 Å². The number of carbonyl (C=O) groups is 1. The maximum atomic E-state index is 12.9. The average Bonchev–Trinajstić information content (AvgIpc) is 3.11. The summed E-state index contributed by atoms with van der Waals surface area (Å²) in [5, 5.41) is 14.5. The van der Waals surface area contributed by atoms with Gasteiger partial charge in [-0.3, -0.25) is 9.48 Å². The summed E-state index contributed by atoms with van der Waals surface area (Å²) in [5.74, 6) is -1.04. The monoisotopic (exact) mass is 352 g/mol. The number of carbonyl (C=O) groups excluding carboxylic acids is 1. The number of aromatic nitrogens is 4. The predicted octanol–water partition coefficient (Wildman–Crippen LogP) is 2.85. The second-order valence-corrected chi connectivity index (χ2v) is 6.11. The number of amides is 1. The van der Waals surface area contributed by atoms with Gasteiger partial charge in [0.15, 0.2) is 11.8 Å². The first-order valence-electron chi connectivity index (χ1n) is 7.87. The van der Waals surface area contributed by atoms with Crippen molar-refractivity contribution in [2.45, 2.75) is 25.8 Å². The topological polar surface area (TPSA) is 87.7 Å². The van der Waals surface area contributed by atoms with Crippen molar-refractivity contribution in [1.82, 2.24) is 19.7 Å². The summed E-state index contributed by atoms with van der Waals surface area (Å²) in [6.45, 7) is 2.78. The van der Waals surface area contributed by atoms with Crippen molar-refractivity contribution >= 4 is 34.2 Å². The molecule has 0 N–H and O–H groups in total. The fourth-order valence-electron chi connectivity index (χ4n) is 3.19. The minimum absolute atomic E-state index is 0.0323. The number of aryl methyl sites for hydroxylation is 1. The lowest BCUT2D eigenvalue weighted by Crippen LogP contribution is -2.24. The first kappa shape index (κ1) is 15.5. The Kier molecular flexibility index (Phi) is 3.62. The van der Waals surface area contributed by atoms with Crippen molar-refractivity contribution < 1.29 is 4.79 Å². The van der Waals surface area contributed by atoms with E-state index in [1.807, 2.05) is 31.4 Å². The van der Waals surface area contributed by atoms with Gasteiger partial charge in [-0.25, -0.2) is 9.88 Å². The quantitative estimate of drug-likeness (QED) is 0.534. The smallest absolute Gasteiger partial charge is 0.254 e. The van der Waals surface area contributed by atoms with Crippen molar-refractivity contribution in [2.24, 2.45) is 0 Å². The molecule has 1 aliphatic heterocycles. The van der Waals surface area contributed by atoms with Gasteiger partial charge in [-0.05, 0) is 29.7 Å². The van der Waals surface area contributed by atoms with E-state index in [0.717, 1.165) is 23.4 Å². The highest BCUT2D eigenvalue weighted by Crippen LogP contribution is 2.41. The lowest BCUT2D eigenvalue weighted by molar-refractivity contribution is -0.117. The average molecular weight is 353 g/mol. The van der Waals surface area contributed by atoms with E-state index in [2.05, 4.69) is 15.1 Å². The number of benzene rings is 1. The van der Waals surface area contributed by atoms with Crippen LogP contribution in [0.3, 0.4) is 0 Å². The molecule has 0 fully saturated rings. The summed E-state index contributed by atoms with van der Waals surface area (Å²) in [4.78, 5) is 22.4. The zero-order chi connectivity index (χ0) is 17.6. The molecule has 0 saturated carbocycles. The predicted molar refractivity (Wildman–Crippen MR) is 92.0 cm³/mol. The van der Waals surface area contributed by atoms with E-state index < -0.39 is 5.92 Å². The molecular weight excluding hydrogens is 340 g/mol. The van der Waals surface area contributed by atoms with Crippen LogP contribution < -0.4 is 4.90 Å². The fraction of sp³-hybridized carbons (Fsp3) is 0.235. The van der Waals surface area contributed by atoms with Crippen LogP contribution in [0.4, 0.5) is 5.69 Å². The van der Waals surface area contributed by atoms with Crippen molar-refractivity contribution in [3.05, 3.63) is 47.0 Å². The number of fused-ring (bicyclic) bond motifs is 2. The van der Waals surface area contributed by atoms with Crippen LogP contribution in [0.1, 0.15) is 30.5 Å². The van der Waals surface area contributed by atoms with Crippen LogP contribution in [0.25, 0.3) is 11.0 Å². The number of nitriles is 1. The van der Waals surface area contributed by atoms with Gasteiger partial charge >= 0.3 is 0 Å². The minimum Gasteiger partial charge on any atom is -0.272 e. The molecule has 1 unspecified atom stereocenters. The van der Waals surface area contributed by atoms with Gasteiger partial charge in [-0.1, -0.05) is 25.1 Å².